The van der Waals surface area contributed by atoms with Gasteiger partial charge in [0.05, 0.1) is 25.0 Å². The Balaban J connectivity index is 1.75. The van der Waals surface area contributed by atoms with Crippen LogP contribution in [-0.4, -0.2) is 28.7 Å². The lowest BCUT2D eigenvalue weighted by molar-refractivity contribution is -0.114. The quantitative estimate of drug-likeness (QED) is 0.531. The van der Waals surface area contributed by atoms with Gasteiger partial charge < -0.3 is 15.4 Å². The first kappa shape index (κ1) is 22.1. The molecule has 0 aliphatic carbocycles. The molecular formula is C23H23ClN4O3. The number of carbonyl (C=O) groups excluding carboxylic acids is 2. The zero-order chi connectivity index (χ0) is 22.4. The van der Waals surface area contributed by atoms with Crippen molar-refractivity contribution in [1.29, 1.82) is 0 Å². The van der Waals surface area contributed by atoms with Crippen molar-refractivity contribution in [1.82, 2.24) is 9.78 Å². The highest BCUT2D eigenvalue weighted by Crippen LogP contribution is 2.28. The van der Waals surface area contributed by atoms with E-state index >= 15 is 0 Å². The van der Waals surface area contributed by atoms with Crippen molar-refractivity contribution in [2.45, 2.75) is 20.4 Å². The van der Waals surface area contributed by atoms with E-state index in [1.54, 1.807) is 29.0 Å². The highest BCUT2D eigenvalue weighted by Gasteiger charge is 2.13. The Bertz CT molecular complexity index is 1120. The van der Waals surface area contributed by atoms with Gasteiger partial charge in [-0.2, -0.15) is 5.10 Å². The number of methoxy groups -OCH3 is 1. The summed E-state index contributed by atoms with van der Waals surface area (Å²) in [6, 6.07) is 14.8. The molecule has 3 rings (SSSR count). The van der Waals surface area contributed by atoms with Crippen LogP contribution in [-0.2, 0) is 16.1 Å². The molecule has 0 unspecified atom stereocenters. The molecular weight excluding hydrogens is 416 g/mol. The number of aromatic nitrogens is 2. The van der Waals surface area contributed by atoms with Crippen molar-refractivity contribution in [3.05, 3.63) is 76.6 Å². The number of hydrogen-bond acceptors (Lipinski definition) is 4. The standard InChI is InChI=1S/C23H23ClN4O3/c1-15-19(23(24)28(27-15)14-17-7-5-4-6-8-17)10-12-22(30)26-20-13-18(25-16(2)29)9-11-21(20)31-3/h4-13H,14H2,1-3H3,(H,25,29)(H,26,30)/b12-10+. The number of benzene rings is 2. The van der Waals surface area contributed by atoms with E-state index in [9.17, 15) is 9.59 Å². The SMILES string of the molecule is COc1ccc(NC(C)=O)cc1NC(=O)/C=C/c1c(C)nn(Cc2ccccc2)c1Cl. The second-order valence-corrected chi connectivity index (χ2v) is 7.21. The molecule has 2 N–H and O–H groups in total. The lowest BCUT2D eigenvalue weighted by Gasteiger charge is -2.11. The molecule has 1 aromatic heterocycles. The predicted octanol–water partition coefficient (Wildman–Crippen LogP) is 4.51. The average molecular weight is 439 g/mol. The molecule has 31 heavy (non-hydrogen) atoms. The summed E-state index contributed by atoms with van der Waals surface area (Å²) in [4.78, 5) is 23.8. The number of halogens is 1. The molecule has 2 amide bonds. The molecule has 0 saturated carbocycles. The minimum atomic E-state index is -0.371. The summed E-state index contributed by atoms with van der Waals surface area (Å²) in [5.74, 6) is -0.106. The molecule has 0 aliphatic rings. The second-order valence-electron chi connectivity index (χ2n) is 6.85. The van der Waals surface area contributed by atoms with Gasteiger partial charge in [0.1, 0.15) is 10.9 Å². The number of ether oxygens (including phenoxy) is 1. The van der Waals surface area contributed by atoms with Crippen LogP contribution < -0.4 is 15.4 Å². The smallest absolute Gasteiger partial charge is 0.248 e. The van der Waals surface area contributed by atoms with Crippen LogP contribution in [0.25, 0.3) is 6.08 Å². The Morgan fingerprint density at radius 2 is 1.90 bits per heavy atom. The van der Waals surface area contributed by atoms with Crippen molar-refractivity contribution < 1.29 is 14.3 Å². The minimum absolute atomic E-state index is 0.208. The topological polar surface area (TPSA) is 85.2 Å². The van der Waals surface area contributed by atoms with E-state index in [0.29, 0.717) is 34.4 Å². The Morgan fingerprint density at radius 1 is 1.16 bits per heavy atom. The first-order chi connectivity index (χ1) is 14.9. The molecule has 0 fully saturated rings. The van der Waals surface area contributed by atoms with Crippen LogP contribution in [0.5, 0.6) is 5.75 Å². The number of hydrogen-bond donors (Lipinski definition) is 2. The van der Waals surface area contributed by atoms with E-state index in [1.807, 2.05) is 37.3 Å². The molecule has 0 saturated heterocycles. The minimum Gasteiger partial charge on any atom is -0.495 e. The van der Waals surface area contributed by atoms with Crippen LogP contribution in [0.2, 0.25) is 5.15 Å². The maximum atomic E-state index is 12.5. The van der Waals surface area contributed by atoms with Gasteiger partial charge in [-0.15, -0.1) is 0 Å². The first-order valence-corrected chi connectivity index (χ1v) is 9.96. The summed E-state index contributed by atoms with van der Waals surface area (Å²) < 4.78 is 6.98. The fourth-order valence-electron chi connectivity index (χ4n) is 3.04. The molecule has 7 nitrogen and oxygen atoms in total. The third-order valence-electron chi connectivity index (χ3n) is 4.46. The number of nitrogens with zero attached hydrogens (tertiary/aromatic N) is 2. The van der Waals surface area contributed by atoms with Gasteiger partial charge in [0, 0.05) is 24.3 Å². The van der Waals surface area contributed by atoms with Gasteiger partial charge in [-0.3, -0.25) is 9.59 Å². The number of rotatable bonds is 7. The largest absolute Gasteiger partial charge is 0.495 e. The van der Waals surface area contributed by atoms with Crippen molar-refractivity contribution in [3.8, 4) is 5.75 Å². The molecule has 0 atom stereocenters. The molecule has 0 spiro atoms. The normalized spacial score (nSPS) is 10.8. The van der Waals surface area contributed by atoms with Crippen molar-refractivity contribution in [2.75, 3.05) is 17.7 Å². The lowest BCUT2D eigenvalue weighted by Crippen LogP contribution is -2.11. The maximum Gasteiger partial charge on any atom is 0.248 e. The van der Waals surface area contributed by atoms with E-state index in [1.165, 1.54) is 20.1 Å². The van der Waals surface area contributed by atoms with Gasteiger partial charge in [-0.05, 0) is 36.8 Å². The summed E-state index contributed by atoms with van der Waals surface area (Å²) in [5.41, 5.74) is 3.45. The maximum absolute atomic E-state index is 12.5. The Labute approximate surface area is 185 Å². The molecule has 1 heterocycles. The van der Waals surface area contributed by atoms with Crippen LogP contribution in [0.15, 0.2) is 54.6 Å². The van der Waals surface area contributed by atoms with E-state index in [-0.39, 0.29) is 11.8 Å². The summed E-state index contributed by atoms with van der Waals surface area (Å²) in [7, 11) is 1.50. The number of aryl methyl sites for hydroxylation is 1. The summed E-state index contributed by atoms with van der Waals surface area (Å²) in [6.07, 6.45) is 3.01. The predicted molar refractivity (Wildman–Crippen MR) is 122 cm³/mol. The zero-order valence-corrected chi connectivity index (χ0v) is 18.2. The van der Waals surface area contributed by atoms with Crippen LogP contribution in [0.1, 0.15) is 23.7 Å². The molecule has 0 radical (unpaired) electrons. The number of carbonyl (C=O) groups is 2. The monoisotopic (exact) mass is 438 g/mol. The molecule has 0 bridgehead atoms. The van der Waals surface area contributed by atoms with Gasteiger partial charge in [0.15, 0.2) is 0 Å². The van der Waals surface area contributed by atoms with E-state index in [2.05, 4.69) is 15.7 Å². The fourth-order valence-corrected chi connectivity index (χ4v) is 3.34. The first-order valence-electron chi connectivity index (χ1n) is 9.59. The average Bonchev–Trinajstić information content (AvgIpc) is 2.99. The van der Waals surface area contributed by atoms with Crippen molar-refractivity contribution >= 4 is 40.9 Å². The molecule has 3 aromatic rings. The van der Waals surface area contributed by atoms with Gasteiger partial charge in [0.2, 0.25) is 11.8 Å². The Morgan fingerprint density at radius 3 is 2.58 bits per heavy atom. The molecule has 2 aromatic carbocycles. The Hall–Kier alpha value is -3.58. The number of anilines is 2. The molecule has 8 heteroatoms. The van der Waals surface area contributed by atoms with Crippen LogP contribution >= 0.6 is 11.6 Å². The van der Waals surface area contributed by atoms with Gasteiger partial charge in [-0.1, -0.05) is 41.9 Å². The fraction of sp³-hybridized carbons (Fsp3) is 0.174. The highest BCUT2D eigenvalue weighted by molar-refractivity contribution is 6.31. The molecule has 160 valence electrons. The second kappa shape index (κ2) is 9.95. The molecule has 0 aliphatic heterocycles. The van der Waals surface area contributed by atoms with Crippen molar-refractivity contribution in [3.63, 3.8) is 0 Å². The lowest BCUT2D eigenvalue weighted by atomic mass is 10.2. The van der Waals surface area contributed by atoms with E-state index in [4.69, 9.17) is 16.3 Å². The van der Waals surface area contributed by atoms with Gasteiger partial charge in [0.25, 0.3) is 0 Å². The van der Waals surface area contributed by atoms with Crippen LogP contribution in [0.4, 0.5) is 11.4 Å². The number of amides is 2. The van der Waals surface area contributed by atoms with Crippen LogP contribution in [0.3, 0.4) is 0 Å². The highest BCUT2D eigenvalue weighted by atomic mass is 35.5. The summed E-state index contributed by atoms with van der Waals surface area (Å²) in [6.45, 7) is 3.79. The van der Waals surface area contributed by atoms with Crippen molar-refractivity contribution in [2.24, 2.45) is 0 Å². The summed E-state index contributed by atoms with van der Waals surface area (Å²) in [5, 5.41) is 10.4. The third kappa shape index (κ3) is 5.73. The van der Waals surface area contributed by atoms with Gasteiger partial charge >= 0.3 is 0 Å². The number of nitrogens with one attached hydrogen (secondary N) is 2. The zero-order valence-electron chi connectivity index (χ0n) is 17.5. The Kier molecular flexibility index (Phi) is 7.10. The van der Waals surface area contributed by atoms with E-state index < -0.39 is 0 Å². The van der Waals surface area contributed by atoms with Crippen LogP contribution in [0, 0.1) is 6.92 Å². The summed E-state index contributed by atoms with van der Waals surface area (Å²) >= 11 is 6.50. The third-order valence-corrected chi connectivity index (χ3v) is 4.86. The van der Waals surface area contributed by atoms with E-state index in [0.717, 1.165) is 11.3 Å². The van der Waals surface area contributed by atoms with Gasteiger partial charge in [-0.25, -0.2) is 4.68 Å².